The van der Waals surface area contributed by atoms with Crippen LogP contribution in [0.5, 0.6) is 0 Å². The molecule has 4 heterocycles. The molecule has 0 saturated carbocycles. The number of rotatable bonds is 4. The first-order chi connectivity index (χ1) is 11.7. The van der Waals surface area contributed by atoms with Gasteiger partial charge < -0.3 is 15.3 Å². The maximum absolute atomic E-state index is 12.0. The fraction of sp³-hybridized carbons (Fsp3) is 0.0714. The van der Waals surface area contributed by atoms with E-state index in [0.717, 1.165) is 11.3 Å². The van der Waals surface area contributed by atoms with E-state index in [2.05, 4.69) is 30.6 Å². The molecule has 0 aliphatic carbocycles. The molecule has 0 bridgehead atoms. The number of aromatic amines is 2. The molecular formula is C14H11N7O2S. The first-order valence-electron chi connectivity index (χ1n) is 7.00. The molecule has 4 rings (SSSR count). The molecule has 10 heteroatoms. The van der Waals surface area contributed by atoms with Crippen molar-refractivity contribution in [3.63, 3.8) is 0 Å². The van der Waals surface area contributed by atoms with Crippen molar-refractivity contribution in [2.24, 2.45) is 0 Å². The van der Waals surface area contributed by atoms with Crippen LogP contribution in [0.1, 0.15) is 16.3 Å². The molecule has 3 N–H and O–H groups in total. The summed E-state index contributed by atoms with van der Waals surface area (Å²) < 4.78 is 1.59. The van der Waals surface area contributed by atoms with Crippen molar-refractivity contribution in [3.05, 3.63) is 57.2 Å². The van der Waals surface area contributed by atoms with Gasteiger partial charge in [-0.1, -0.05) is 0 Å². The summed E-state index contributed by atoms with van der Waals surface area (Å²) in [5.74, 6) is 0.0763. The number of imidazole rings is 1. The highest BCUT2D eigenvalue weighted by atomic mass is 32.1. The van der Waals surface area contributed by atoms with E-state index >= 15 is 0 Å². The minimum Gasteiger partial charge on any atom is -0.343 e. The monoisotopic (exact) mass is 341 g/mol. The SMILES string of the molecule is O=C(NCc1nnc2ccc(-c3ccsc3)nn12)c1c[nH]c(=O)[nH]1. The van der Waals surface area contributed by atoms with E-state index in [9.17, 15) is 9.59 Å². The number of amides is 1. The van der Waals surface area contributed by atoms with Gasteiger partial charge in [-0.3, -0.25) is 4.79 Å². The van der Waals surface area contributed by atoms with E-state index in [1.54, 1.807) is 15.9 Å². The molecule has 1 amide bonds. The third-order valence-corrected chi connectivity index (χ3v) is 4.08. The lowest BCUT2D eigenvalue weighted by Crippen LogP contribution is -2.25. The zero-order valence-electron chi connectivity index (χ0n) is 12.2. The van der Waals surface area contributed by atoms with Gasteiger partial charge in [0, 0.05) is 17.1 Å². The topological polar surface area (TPSA) is 121 Å². The van der Waals surface area contributed by atoms with E-state index < -0.39 is 11.6 Å². The van der Waals surface area contributed by atoms with Crippen LogP contribution < -0.4 is 11.0 Å². The Morgan fingerprint density at radius 1 is 1.29 bits per heavy atom. The van der Waals surface area contributed by atoms with Crippen LogP contribution in [0.3, 0.4) is 0 Å². The molecule has 0 spiro atoms. The molecule has 0 aliphatic rings. The normalized spacial score (nSPS) is 11.0. The summed E-state index contributed by atoms with van der Waals surface area (Å²) in [6.45, 7) is 0.132. The number of hydrogen-bond acceptors (Lipinski definition) is 6. The smallest absolute Gasteiger partial charge is 0.323 e. The molecular weight excluding hydrogens is 330 g/mol. The van der Waals surface area contributed by atoms with Crippen LogP contribution in [-0.2, 0) is 6.54 Å². The quantitative estimate of drug-likeness (QED) is 0.507. The second-order valence-electron chi connectivity index (χ2n) is 4.96. The van der Waals surface area contributed by atoms with Crippen molar-refractivity contribution in [1.29, 1.82) is 0 Å². The molecule has 0 saturated heterocycles. The lowest BCUT2D eigenvalue weighted by Gasteiger charge is -2.03. The van der Waals surface area contributed by atoms with E-state index in [1.165, 1.54) is 6.20 Å². The first-order valence-corrected chi connectivity index (χ1v) is 7.95. The number of hydrogen-bond donors (Lipinski definition) is 3. The van der Waals surface area contributed by atoms with Gasteiger partial charge in [-0.05, 0) is 23.6 Å². The fourth-order valence-corrected chi connectivity index (χ4v) is 2.87. The van der Waals surface area contributed by atoms with Crippen molar-refractivity contribution in [1.82, 2.24) is 35.1 Å². The van der Waals surface area contributed by atoms with Crippen LogP contribution >= 0.6 is 11.3 Å². The van der Waals surface area contributed by atoms with Crippen LogP contribution in [0.15, 0.2) is 40.0 Å². The van der Waals surface area contributed by atoms with E-state index in [4.69, 9.17) is 0 Å². The largest absolute Gasteiger partial charge is 0.343 e. The van der Waals surface area contributed by atoms with Gasteiger partial charge in [0.05, 0.1) is 12.2 Å². The Morgan fingerprint density at radius 3 is 2.96 bits per heavy atom. The minimum absolute atomic E-state index is 0.132. The molecule has 0 atom stereocenters. The van der Waals surface area contributed by atoms with Crippen LogP contribution in [0.25, 0.3) is 16.9 Å². The van der Waals surface area contributed by atoms with Crippen molar-refractivity contribution >= 4 is 22.9 Å². The predicted molar refractivity (Wildman–Crippen MR) is 86.7 cm³/mol. The third-order valence-electron chi connectivity index (χ3n) is 3.39. The zero-order chi connectivity index (χ0) is 16.5. The summed E-state index contributed by atoms with van der Waals surface area (Å²) in [5, 5.41) is 19.2. The number of thiophene rings is 1. The van der Waals surface area contributed by atoms with Gasteiger partial charge in [0.15, 0.2) is 11.5 Å². The standard InChI is InChI=1S/C14H11N7O2S/c22-13(10-5-16-14(23)17-10)15-6-12-19-18-11-2-1-9(20-21(11)12)8-3-4-24-7-8/h1-5,7H,6H2,(H,15,22)(H2,16,17,23). The molecule has 4 aromatic rings. The number of H-pyrrole nitrogens is 2. The molecule has 0 unspecified atom stereocenters. The van der Waals surface area contributed by atoms with Crippen LogP contribution in [0, 0.1) is 0 Å². The Morgan fingerprint density at radius 2 is 2.21 bits per heavy atom. The third kappa shape index (κ3) is 2.58. The van der Waals surface area contributed by atoms with Crippen LogP contribution in [0.2, 0.25) is 0 Å². The highest BCUT2D eigenvalue weighted by molar-refractivity contribution is 7.08. The number of carbonyl (C=O) groups excluding carboxylic acids is 1. The van der Waals surface area contributed by atoms with Gasteiger partial charge in [-0.15, -0.1) is 10.2 Å². The molecule has 0 aromatic carbocycles. The number of fused-ring (bicyclic) bond motifs is 1. The molecule has 24 heavy (non-hydrogen) atoms. The van der Waals surface area contributed by atoms with E-state index in [1.807, 2.05) is 29.0 Å². The number of nitrogens with one attached hydrogen (secondary N) is 3. The summed E-state index contributed by atoms with van der Waals surface area (Å²) in [4.78, 5) is 27.8. The highest BCUT2D eigenvalue weighted by Crippen LogP contribution is 2.20. The Hall–Kier alpha value is -3.27. The molecule has 9 nitrogen and oxygen atoms in total. The van der Waals surface area contributed by atoms with Crippen LogP contribution in [-0.4, -0.2) is 35.7 Å². The van der Waals surface area contributed by atoms with Crippen LogP contribution in [0.4, 0.5) is 0 Å². The molecule has 0 radical (unpaired) electrons. The summed E-state index contributed by atoms with van der Waals surface area (Å²) in [5.41, 5.74) is 2.12. The van der Waals surface area contributed by atoms with Gasteiger partial charge >= 0.3 is 5.69 Å². The summed E-state index contributed by atoms with van der Waals surface area (Å²) >= 11 is 1.59. The van der Waals surface area contributed by atoms with E-state index in [0.29, 0.717) is 11.5 Å². The number of nitrogens with zero attached hydrogens (tertiary/aromatic N) is 4. The van der Waals surface area contributed by atoms with Crippen molar-refractivity contribution in [3.8, 4) is 11.3 Å². The van der Waals surface area contributed by atoms with Gasteiger partial charge in [-0.25, -0.2) is 4.79 Å². The lowest BCUT2D eigenvalue weighted by atomic mass is 10.2. The summed E-state index contributed by atoms with van der Waals surface area (Å²) in [7, 11) is 0. The summed E-state index contributed by atoms with van der Waals surface area (Å²) in [6.07, 6.45) is 1.31. The van der Waals surface area contributed by atoms with Gasteiger partial charge in [0.2, 0.25) is 0 Å². The lowest BCUT2D eigenvalue weighted by molar-refractivity contribution is 0.0945. The average Bonchev–Trinajstić information content (AvgIpc) is 3.33. The highest BCUT2D eigenvalue weighted by Gasteiger charge is 2.12. The molecule has 120 valence electrons. The number of carbonyl (C=O) groups is 1. The number of aromatic nitrogens is 6. The van der Waals surface area contributed by atoms with Gasteiger partial charge in [-0.2, -0.15) is 21.0 Å². The van der Waals surface area contributed by atoms with Gasteiger partial charge in [0.25, 0.3) is 5.91 Å². The molecule has 4 aromatic heterocycles. The second-order valence-corrected chi connectivity index (χ2v) is 5.74. The van der Waals surface area contributed by atoms with Crippen molar-refractivity contribution < 1.29 is 4.79 Å². The van der Waals surface area contributed by atoms with Crippen molar-refractivity contribution in [2.75, 3.05) is 0 Å². The molecule has 0 aliphatic heterocycles. The zero-order valence-corrected chi connectivity index (χ0v) is 13.0. The minimum atomic E-state index is -0.435. The Balaban J connectivity index is 1.59. The first kappa shape index (κ1) is 14.3. The predicted octanol–water partition coefficient (Wildman–Crippen LogP) is 0.799. The van der Waals surface area contributed by atoms with E-state index in [-0.39, 0.29) is 12.2 Å². The average molecular weight is 341 g/mol. The van der Waals surface area contributed by atoms with Gasteiger partial charge in [0.1, 0.15) is 5.69 Å². The second kappa shape index (κ2) is 5.74. The maximum Gasteiger partial charge on any atom is 0.323 e. The molecule has 0 fully saturated rings. The van der Waals surface area contributed by atoms with Crippen molar-refractivity contribution in [2.45, 2.75) is 6.54 Å². The Labute approximate surface area is 138 Å². The Kier molecular flexibility index (Phi) is 3.43. The summed E-state index contributed by atoms with van der Waals surface area (Å²) in [6, 6.07) is 5.67. The Bertz CT molecular complexity index is 1060. The maximum atomic E-state index is 12.0. The fourth-order valence-electron chi connectivity index (χ4n) is 2.22.